The van der Waals surface area contributed by atoms with Crippen LogP contribution in [0.1, 0.15) is 201 Å². The van der Waals surface area contributed by atoms with Crippen LogP contribution >= 0.6 is 0 Å². The van der Waals surface area contributed by atoms with E-state index in [1.54, 1.807) is 12.5 Å². The topological polar surface area (TPSA) is 137 Å². The minimum atomic E-state index is 0. The van der Waals surface area contributed by atoms with Gasteiger partial charge < -0.3 is 15.8 Å². The van der Waals surface area contributed by atoms with Gasteiger partial charge >= 0.3 is 0 Å². The molecule has 0 spiro atoms. The van der Waals surface area contributed by atoms with Crippen molar-refractivity contribution in [2.45, 2.75) is 183 Å². The van der Waals surface area contributed by atoms with Gasteiger partial charge in [0, 0.05) is 48.1 Å². The number of rotatable bonds is 5. The molecule has 3 aromatic heterocycles. The highest BCUT2D eigenvalue weighted by Crippen LogP contribution is 2.09. The monoisotopic (exact) mass is 722 g/mol. The Labute approximate surface area is 316 Å². The smallest absolute Gasteiger partial charge is 0.153 e. The molecular formula is C40H87N11. The fourth-order valence-corrected chi connectivity index (χ4v) is 2.46. The summed E-state index contributed by atoms with van der Waals surface area (Å²) in [7, 11) is 0. The average Bonchev–Trinajstić information content (AvgIpc) is 3.82. The lowest BCUT2D eigenvalue weighted by Crippen LogP contribution is -2.32. The van der Waals surface area contributed by atoms with Crippen LogP contribution in [0.2, 0.25) is 0 Å². The molecule has 4 heterocycles. The third-order valence-corrected chi connectivity index (χ3v) is 4.75. The molecule has 0 atom stereocenters. The number of nitrogens with one attached hydrogen (secondary N) is 5. The van der Waals surface area contributed by atoms with Gasteiger partial charge in [0.15, 0.2) is 5.82 Å². The Morgan fingerprint density at radius 2 is 1.10 bits per heavy atom. The van der Waals surface area contributed by atoms with E-state index in [1.807, 2.05) is 17.1 Å². The van der Waals surface area contributed by atoms with E-state index in [2.05, 4.69) is 197 Å². The molecule has 0 aromatic carbocycles. The molecule has 11 nitrogen and oxygen atoms in total. The zero-order valence-electron chi connectivity index (χ0n) is 36.4. The highest BCUT2D eigenvalue weighted by Gasteiger charge is 2.06. The predicted octanol–water partition coefficient (Wildman–Crippen LogP) is 11.6. The molecule has 0 unspecified atom stereocenters. The largest absolute Gasteiger partial charge is 0.348 e. The summed E-state index contributed by atoms with van der Waals surface area (Å²) in [6, 6.07) is 0.412. The van der Waals surface area contributed by atoms with Crippen LogP contribution in [-0.2, 0) is 0 Å². The van der Waals surface area contributed by atoms with Gasteiger partial charge in [0.1, 0.15) is 24.3 Å². The van der Waals surface area contributed by atoms with Crippen LogP contribution in [0.15, 0.2) is 36.9 Å². The summed E-state index contributed by atoms with van der Waals surface area (Å²) in [5.74, 6) is 7.41. The number of aromatic amines is 2. The lowest BCUT2D eigenvalue weighted by Gasteiger charge is -2.03. The standard InChI is InChI=1S/C8H15N3.C6H10N2.C5H9N3.C5H11N3.3C4H10.C3H8.CH4/c1-6(2)8-9-5-11(10-8)7(3)4;1-5(2)6-7-3-4-8-6;1-4(2)5-6-3-7-8-5;1-4(2)5-3-6-8-7-5;3*1-4(2)3;1-3-2;/h5-7H,1-4H3;3-5H,1-2H3,(H,7,8);3-4H,1-2H3,(H,6,7,8);3-4,6-8H,1-2H3;3*4H,1-3H3;3H2,1-2H3;1H4. The van der Waals surface area contributed by atoms with Crippen molar-refractivity contribution in [3.05, 3.63) is 54.4 Å². The molecule has 0 bridgehead atoms. The first-order valence-corrected chi connectivity index (χ1v) is 18.9. The Bertz CT molecular complexity index is 995. The number of allylic oxidation sites excluding steroid dienone is 1. The van der Waals surface area contributed by atoms with Gasteiger partial charge in [-0.3, -0.25) is 9.78 Å². The minimum Gasteiger partial charge on any atom is -0.348 e. The van der Waals surface area contributed by atoms with Gasteiger partial charge in [-0.05, 0) is 37.5 Å². The van der Waals surface area contributed by atoms with Crippen LogP contribution in [0.5, 0.6) is 0 Å². The van der Waals surface area contributed by atoms with Crippen LogP contribution in [-0.4, -0.2) is 39.9 Å². The van der Waals surface area contributed by atoms with Crippen molar-refractivity contribution in [1.29, 1.82) is 0 Å². The Kier molecular flexibility index (Phi) is 41.0. The molecule has 51 heavy (non-hydrogen) atoms. The van der Waals surface area contributed by atoms with Crippen molar-refractivity contribution in [3.8, 4) is 0 Å². The molecule has 0 saturated heterocycles. The van der Waals surface area contributed by atoms with Gasteiger partial charge in [-0.25, -0.2) is 15.0 Å². The van der Waals surface area contributed by atoms with E-state index in [9.17, 15) is 0 Å². The van der Waals surface area contributed by atoms with Crippen molar-refractivity contribution >= 4 is 0 Å². The summed E-state index contributed by atoms with van der Waals surface area (Å²) in [4.78, 5) is 15.2. The molecule has 1 aliphatic heterocycles. The van der Waals surface area contributed by atoms with Gasteiger partial charge in [-0.15, -0.1) is 0 Å². The summed E-state index contributed by atoms with van der Waals surface area (Å²) < 4.78 is 1.88. The molecule has 0 amide bonds. The second-order valence-corrected chi connectivity index (χ2v) is 15.5. The lowest BCUT2D eigenvalue weighted by atomic mass is 10.2. The second-order valence-electron chi connectivity index (χ2n) is 15.5. The summed E-state index contributed by atoms with van der Waals surface area (Å²) in [6.07, 6.45) is 10.1. The van der Waals surface area contributed by atoms with E-state index < -0.39 is 0 Å². The number of imidazole rings is 1. The van der Waals surface area contributed by atoms with E-state index in [0.29, 0.717) is 29.7 Å². The zero-order valence-corrected chi connectivity index (χ0v) is 36.4. The first kappa shape index (κ1) is 57.1. The maximum atomic E-state index is 4.31. The van der Waals surface area contributed by atoms with Crippen LogP contribution in [0.25, 0.3) is 0 Å². The summed E-state index contributed by atoms with van der Waals surface area (Å²) >= 11 is 0. The molecule has 0 fully saturated rings. The fourth-order valence-electron chi connectivity index (χ4n) is 2.46. The van der Waals surface area contributed by atoms with Crippen molar-refractivity contribution in [2.75, 3.05) is 0 Å². The van der Waals surface area contributed by atoms with Crippen LogP contribution < -0.4 is 16.4 Å². The van der Waals surface area contributed by atoms with Crippen molar-refractivity contribution < 1.29 is 0 Å². The third kappa shape index (κ3) is 42.9. The van der Waals surface area contributed by atoms with Gasteiger partial charge in [0.05, 0.1) is 0 Å². The molecule has 4 rings (SSSR count). The molecule has 3 aromatic rings. The molecule has 302 valence electrons. The predicted molar refractivity (Wildman–Crippen MR) is 224 cm³/mol. The molecule has 1 aliphatic rings. The highest BCUT2D eigenvalue weighted by molar-refractivity contribution is 5.02. The lowest BCUT2D eigenvalue weighted by molar-refractivity contribution is 0.522. The number of hydrogen-bond donors (Lipinski definition) is 5. The number of hydrazine groups is 2. The first-order chi connectivity index (χ1) is 23.1. The van der Waals surface area contributed by atoms with Gasteiger partial charge in [0.2, 0.25) is 0 Å². The SMILES string of the molecule is C.CC(C)C.CC(C)C.CC(C)C.CC(C)C1=CNNN1.CC(C)c1ncc[nH]1.CC(C)c1ncn(C(C)C)n1.CC(C)c1ncn[nH]1.CCC. The van der Waals surface area contributed by atoms with Gasteiger partial charge in [-0.2, -0.15) is 15.7 Å². The minimum absolute atomic E-state index is 0. The molecule has 0 aliphatic carbocycles. The highest BCUT2D eigenvalue weighted by atomic mass is 15.6. The number of nitrogens with zero attached hydrogens (tertiary/aromatic N) is 6. The van der Waals surface area contributed by atoms with Crippen LogP contribution in [0.3, 0.4) is 0 Å². The van der Waals surface area contributed by atoms with Crippen LogP contribution in [0.4, 0.5) is 0 Å². The van der Waals surface area contributed by atoms with E-state index >= 15 is 0 Å². The third-order valence-electron chi connectivity index (χ3n) is 4.75. The zero-order chi connectivity index (χ0) is 39.8. The Morgan fingerprint density at radius 3 is 1.27 bits per heavy atom. The molecule has 0 saturated carbocycles. The van der Waals surface area contributed by atoms with Gasteiger partial charge in [-0.1, -0.05) is 145 Å². The van der Waals surface area contributed by atoms with Crippen molar-refractivity contribution in [2.24, 2.45) is 23.7 Å². The summed E-state index contributed by atoms with van der Waals surface area (Å²) in [5.41, 5.74) is 9.75. The fraction of sp³-hybridized carbons (Fsp3) is 0.775. The maximum Gasteiger partial charge on any atom is 0.153 e. The Hall–Kier alpha value is -3.21. The first-order valence-electron chi connectivity index (χ1n) is 18.9. The van der Waals surface area contributed by atoms with Gasteiger partial charge in [0.25, 0.3) is 0 Å². The number of H-pyrrole nitrogens is 2. The summed E-state index contributed by atoms with van der Waals surface area (Å²) in [6.45, 7) is 44.8. The number of aromatic nitrogens is 8. The Balaban J connectivity index is -0.000000163. The van der Waals surface area contributed by atoms with Crippen molar-refractivity contribution in [1.82, 2.24) is 56.3 Å². The Morgan fingerprint density at radius 1 is 0.627 bits per heavy atom. The second kappa shape index (κ2) is 36.6. The molecule has 11 heteroatoms. The van der Waals surface area contributed by atoms with E-state index in [1.165, 1.54) is 18.4 Å². The van der Waals surface area contributed by atoms with E-state index in [-0.39, 0.29) is 7.43 Å². The molecular weight excluding hydrogens is 635 g/mol. The molecule has 5 N–H and O–H groups in total. The summed E-state index contributed by atoms with van der Waals surface area (Å²) in [5, 5.41) is 10.8. The van der Waals surface area contributed by atoms with Crippen molar-refractivity contribution in [3.63, 3.8) is 0 Å². The normalized spacial score (nSPS) is 11.0. The molecule has 0 radical (unpaired) electrons. The number of hydrogen-bond acceptors (Lipinski definition) is 8. The maximum absolute atomic E-state index is 4.31. The van der Waals surface area contributed by atoms with Crippen LogP contribution in [0, 0.1) is 23.7 Å². The average molecular weight is 722 g/mol. The van der Waals surface area contributed by atoms with E-state index in [0.717, 1.165) is 35.2 Å². The quantitative estimate of drug-likeness (QED) is 0.176. The van der Waals surface area contributed by atoms with E-state index in [4.69, 9.17) is 0 Å².